The summed E-state index contributed by atoms with van der Waals surface area (Å²) in [5, 5.41) is 12.1. The fourth-order valence-corrected chi connectivity index (χ4v) is 4.67. The average molecular weight is 437 g/mol. The molecule has 1 heterocycles. The summed E-state index contributed by atoms with van der Waals surface area (Å²) in [4.78, 5) is 23.3. The molecule has 8 heteroatoms. The lowest BCUT2D eigenvalue weighted by Crippen LogP contribution is -2.15. The molecule has 0 unspecified atom stereocenters. The maximum absolute atomic E-state index is 13.0. The molecule has 0 aliphatic heterocycles. The zero-order valence-corrected chi connectivity index (χ0v) is 18.0. The lowest BCUT2D eigenvalue weighted by Gasteiger charge is -2.12. The number of carbonyl (C=O) groups excluding carboxylic acids is 1. The Labute approximate surface area is 185 Å². The molecule has 0 saturated heterocycles. The van der Waals surface area contributed by atoms with Gasteiger partial charge in [0.2, 0.25) is 5.95 Å². The molecule has 7 nitrogen and oxygen atoms in total. The molecule has 1 saturated carbocycles. The van der Waals surface area contributed by atoms with Crippen molar-refractivity contribution in [3.63, 3.8) is 0 Å². The molecule has 2 aromatic carbocycles. The Morgan fingerprint density at radius 3 is 2.61 bits per heavy atom. The summed E-state index contributed by atoms with van der Waals surface area (Å²) in [5.74, 6) is 1.16. The van der Waals surface area contributed by atoms with Crippen molar-refractivity contribution in [3.05, 3.63) is 66.0 Å². The van der Waals surface area contributed by atoms with Gasteiger partial charge < -0.3 is 4.74 Å². The molecule has 3 N–H and O–H groups in total. The van der Waals surface area contributed by atoms with Gasteiger partial charge in [0.05, 0.1) is 18.4 Å². The van der Waals surface area contributed by atoms with Gasteiger partial charge in [-0.25, -0.2) is 9.97 Å². The van der Waals surface area contributed by atoms with Crippen molar-refractivity contribution in [1.82, 2.24) is 9.97 Å². The van der Waals surface area contributed by atoms with E-state index in [1.165, 1.54) is 37.4 Å². The molecule has 0 atom stereocenters. The molecule has 1 amide bonds. The van der Waals surface area contributed by atoms with E-state index in [0.717, 1.165) is 21.1 Å². The molecule has 160 valence electrons. The van der Waals surface area contributed by atoms with E-state index < -0.39 is 0 Å². The Bertz CT molecular complexity index is 1050. The summed E-state index contributed by atoms with van der Waals surface area (Å²) in [6.45, 7) is 0. The second kappa shape index (κ2) is 9.80. The van der Waals surface area contributed by atoms with Crippen LogP contribution in [0.1, 0.15) is 47.5 Å². The highest BCUT2D eigenvalue weighted by molar-refractivity contribution is 7.99. The lowest BCUT2D eigenvalue weighted by molar-refractivity contribution is 0.102. The lowest BCUT2D eigenvalue weighted by atomic mass is 10.0. The summed E-state index contributed by atoms with van der Waals surface area (Å²) < 4.78 is 5.28. The van der Waals surface area contributed by atoms with Crippen molar-refractivity contribution in [2.24, 2.45) is 0 Å². The van der Waals surface area contributed by atoms with Crippen LogP contribution < -0.4 is 15.5 Å². The Morgan fingerprint density at radius 2 is 1.90 bits per heavy atom. The predicted molar refractivity (Wildman–Crippen MR) is 120 cm³/mol. The summed E-state index contributed by atoms with van der Waals surface area (Å²) in [5.41, 5.74) is 4.03. The number of rotatable bonds is 7. The van der Waals surface area contributed by atoms with E-state index in [1.807, 2.05) is 24.3 Å². The molecule has 31 heavy (non-hydrogen) atoms. The number of ether oxygens (including phenoxy) is 1. The van der Waals surface area contributed by atoms with Crippen LogP contribution >= 0.6 is 11.8 Å². The Balaban J connectivity index is 1.54. The van der Waals surface area contributed by atoms with Gasteiger partial charge >= 0.3 is 0 Å². The van der Waals surface area contributed by atoms with Crippen molar-refractivity contribution in [3.8, 4) is 5.75 Å². The monoisotopic (exact) mass is 436 g/mol. The van der Waals surface area contributed by atoms with E-state index in [1.54, 1.807) is 37.7 Å². The van der Waals surface area contributed by atoms with Gasteiger partial charge in [-0.3, -0.25) is 20.8 Å². The van der Waals surface area contributed by atoms with E-state index >= 15 is 0 Å². The third-order valence-corrected chi connectivity index (χ3v) is 6.41. The van der Waals surface area contributed by atoms with Crippen LogP contribution in [0.25, 0.3) is 0 Å². The second-order valence-corrected chi connectivity index (χ2v) is 8.49. The second-order valence-electron chi connectivity index (χ2n) is 7.38. The topological polar surface area (TPSA) is 96.4 Å². The van der Waals surface area contributed by atoms with E-state index in [9.17, 15) is 10.0 Å². The van der Waals surface area contributed by atoms with Gasteiger partial charge in [-0.15, -0.1) is 0 Å². The van der Waals surface area contributed by atoms with Gasteiger partial charge in [-0.05, 0) is 60.7 Å². The Morgan fingerprint density at radius 1 is 1.13 bits per heavy atom. The van der Waals surface area contributed by atoms with Crippen LogP contribution in [-0.2, 0) is 0 Å². The SMILES string of the molecule is COc1cccc(Sc2ccc(NO)cc2C(=O)Nc2ncc(C3CCCC3)cn2)c1. The highest BCUT2D eigenvalue weighted by Crippen LogP contribution is 2.35. The van der Waals surface area contributed by atoms with Crippen molar-refractivity contribution >= 4 is 29.3 Å². The number of methoxy groups -OCH3 is 1. The van der Waals surface area contributed by atoms with Gasteiger partial charge in [0.1, 0.15) is 5.75 Å². The summed E-state index contributed by atoms with van der Waals surface area (Å²) in [7, 11) is 1.61. The van der Waals surface area contributed by atoms with Crippen LogP contribution in [0, 0.1) is 0 Å². The van der Waals surface area contributed by atoms with E-state index in [2.05, 4.69) is 20.8 Å². The molecule has 1 fully saturated rings. The highest BCUT2D eigenvalue weighted by Gasteiger charge is 2.19. The van der Waals surface area contributed by atoms with Crippen LogP contribution in [0.15, 0.2) is 64.6 Å². The maximum Gasteiger partial charge on any atom is 0.259 e. The quantitative estimate of drug-likeness (QED) is 0.430. The Kier molecular flexibility index (Phi) is 6.69. The zero-order chi connectivity index (χ0) is 21.6. The van der Waals surface area contributed by atoms with Gasteiger partial charge in [0.25, 0.3) is 5.91 Å². The normalized spacial score (nSPS) is 13.7. The molecule has 0 bridgehead atoms. The maximum atomic E-state index is 13.0. The highest BCUT2D eigenvalue weighted by atomic mass is 32.2. The zero-order valence-electron chi connectivity index (χ0n) is 17.2. The fraction of sp³-hybridized carbons (Fsp3) is 0.261. The molecule has 1 aliphatic carbocycles. The van der Waals surface area contributed by atoms with Crippen LogP contribution in [0.2, 0.25) is 0 Å². The van der Waals surface area contributed by atoms with Crippen molar-refractivity contribution < 1.29 is 14.7 Å². The number of aromatic nitrogens is 2. The van der Waals surface area contributed by atoms with Crippen molar-refractivity contribution in [2.45, 2.75) is 41.4 Å². The molecule has 3 aromatic rings. The van der Waals surface area contributed by atoms with Crippen molar-refractivity contribution in [1.29, 1.82) is 0 Å². The average Bonchev–Trinajstić information content (AvgIpc) is 3.35. The molecule has 4 rings (SSSR count). The largest absolute Gasteiger partial charge is 0.497 e. The molecule has 0 spiro atoms. The first-order valence-corrected chi connectivity index (χ1v) is 11.0. The number of nitrogens with one attached hydrogen (secondary N) is 2. The molecule has 0 radical (unpaired) electrons. The summed E-state index contributed by atoms with van der Waals surface area (Å²) in [6.07, 6.45) is 8.42. The number of nitrogens with zero attached hydrogens (tertiary/aromatic N) is 2. The first kappa shape index (κ1) is 21.1. The Hall–Kier alpha value is -3.10. The molecule has 1 aromatic heterocycles. The first-order valence-electron chi connectivity index (χ1n) is 10.2. The van der Waals surface area contributed by atoms with E-state index in [-0.39, 0.29) is 11.9 Å². The minimum absolute atomic E-state index is 0.256. The predicted octanol–water partition coefficient (Wildman–Crippen LogP) is 5.35. The minimum atomic E-state index is -0.351. The number of amides is 1. The summed E-state index contributed by atoms with van der Waals surface area (Å²) >= 11 is 1.43. The third-order valence-electron chi connectivity index (χ3n) is 5.35. The smallest absolute Gasteiger partial charge is 0.259 e. The van der Waals surface area contributed by atoms with Crippen LogP contribution in [0.4, 0.5) is 11.6 Å². The van der Waals surface area contributed by atoms with E-state index in [4.69, 9.17) is 4.74 Å². The standard InChI is InChI=1S/C23H24N4O3S/c1-30-18-7-4-8-19(12-18)31-21-10-9-17(27-29)11-20(21)22(28)26-23-24-13-16(14-25-23)15-5-2-3-6-15/h4,7-15,27,29H,2-3,5-6H2,1H3,(H,24,25,26,28). The van der Waals surface area contributed by atoms with Crippen LogP contribution in [-0.4, -0.2) is 28.2 Å². The van der Waals surface area contributed by atoms with Gasteiger partial charge in [0, 0.05) is 22.2 Å². The molecular formula is C23H24N4O3S. The van der Waals surface area contributed by atoms with Gasteiger partial charge in [-0.1, -0.05) is 30.7 Å². The summed E-state index contributed by atoms with van der Waals surface area (Å²) in [6, 6.07) is 12.7. The third kappa shape index (κ3) is 5.15. The van der Waals surface area contributed by atoms with Crippen LogP contribution in [0.3, 0.4) is 0 Å². The molecule has 1 aliphatic rings. The minimum Gasteiger partial charge on any atom is -0.497 e. The molecular weight excluding hydrogens is 412 g/mol. The van der Waals surface area contributed by atoms with Gasteiger partial charge in [-0.2, -0.15) is 0 Å². The van der Waals surface area contributed by atoms with Gasteiger partial charge in [0.15, 0.2) is 0 Å². The number of hydrogen-bond acceptors (Lipinski definition) is 7. The number of anilines is 2. The number of carbonyl (C=O) groups is 1. The number of benzene rings is 2. The number of hydrogen-bond donors (Lipinski definition) is 3. The van der Waals surface area contributed by atoms with Crippen LogP contribution in [0.5, 0.6) is 5.75 Å². The van der Waals surface area contributed by atoms with Crippen molar-refractivity contribution in [2.75, 3.05) is 17.9 Å². The fourth-order valence-electron chi connectivity index (χ4n) is 3.70. The first-order chi connectivity index (χ1) is 15.2. The van der Waals surface area contributed by atoms with E-state index in [0.29, 0.717) is 17.2 Å².